The number of hydrogen-bond donors (Lipinski definition) is 3. The van der Waals surface area contributed by atoms with Gasteiger partial charge in [0, 0.05) is 11.6 Å². The van der Waals surface area contributed by atoms with Crippen molar-refractivity contribution in [2.24, 2.45) is 5.84 Å². The summed E-state index contributed by atoms with van der Waals surface area (Å²) < 4.78 is 5.31. The molecule has 0 atom stereocenters. The minimum Gasteiger partial charge on any atom is -0.463 e. The summed E-state index contributed by atoms with van der Waals surface area (Å²) in [7, 11) is 0. The largest absolute Gasteiger partial charge is 0.463 e. The number of hydrogen-bond acceptors (Lipinski definition) is 9. The van der Waals surface area contributed by atoms with Gasteiger partial charge in [0.1, 0.15) is 11.4 Å². The van der Waals surface area contributed by atoms with Crippen LogP contribution in [0.3, 0.4) is 0 Å². The minimum absolute atomic E-state index is 0.00377. The van der Waals surface area contributed by atoms with Crippen molar-refractivity contribution in [3.05, 3.63) is 57.8 Å². The van der Waals surface area contributed by atoms with Crippen molar-refractivity contribution in [3.8, 4) is 11.5 Å². The van der Waals surface area contributed by atoms with Gasteiger partial charge in [-0.25, -0.2) is 10.8 Å². The molecule has 2 heterocycles. The van der Waals surface area contributed by atoms with E-state index in [1.165, 1.54) is 17.3 Å². The molecule has 3 rings (SSSR count). The van der Waals surface area contributed by atoms with Crippen LogP contribution in [0.2, 0.25) is 0 Å². The molecular weight excluding hydrogens is 362 g/mol. The standard InChI is InChI=1S/C16H17N7O3.C2H6/c1-9-7-10(4-5-11(9)23(24)25)8-22(19)15-13(17)14(20-16(18)21-15)12-3-2-6-26-12;1-2/h2-7H,8,17,19H2,1H3,(H2,18,20,21);1-2H3. The number of benzene rings is 1. The summed E-state index contributed by atoms with van der Waals surface area (Å²) in [5.74, 6) is 6.78. The molecule has 6 N–H and O–H groups in total. The molecule has 3 aromatic rings. The Labute approximate surface area is 162 Å². The number of anilines is 3. The van der Waals surface area contributed by atoms with Crippen LogP contribution in [0.4, 0.5) is 23.1 Å². The van der Waals surface area contributed by atoms with Crippen LogP contribution in [0.1, 0.15) is 25.0 Å². The van der Waals surface area contributed by atoms with E-state index in [0.717, 1.165) is 5.56 Å². The van der Waals surface area contributed by atoms with Crippen molar-refractivity contribution < 1.29 is 9.34 Å². The van der Waals surface area contributed by atoms with E-state index in [0.29, 0.717) is 17.0 Å². The van der Waals surface area contributed by atoms with E-state index in [2.05, 4.69) is 9.97 Å². The van der Waals surface area contributed by atoms with E-state index in [-0.39, 0.29) is 29.7 Å². The Morgan fingerprint density at radius 1 is 1.21 bits per heavy atom. The summed E-state index contributed by atoms with van der Waals surface area (Å²) in [5.41, 5.74) is 13.8. The third kappa shape index (κ3) is 4.35. The number of aryl methyl sites for hydroxylation is 1. The third-order valence-electron chi connectivity index (χ3n) is 3.78. The topological polar surface area (TPSA) is 163 Å². The molecule has 148 valence electrons. The number of rotatable bonds is 5. The van der Waals surface area contributed by atoms with Gasteiger partial charge >= 0.3 is 0 Å². The first-order chi connectivity index (χ1) is 13.4. The number of furan rings is 1. The molecule has 28 heavy (non-hydrogen) atoms. The highest BCUT2D eigenvalue weighted by Crippen LogP contribution is 2.31. The smallest absolute Gasteiger partial charge is 0.272 e. The number of nitrogens with two attached hydrogens (primary N) is 3. The summed E-state index contributed by atoms with van der Waals surface area (Å²) in [4.78, 5) is 18.7. The van der Waals surface area contributed by atoms with Gasteiger partial charge in [-0.05, 0) is 30.7 Å². The van der Waals surface area contributed by atoms with Gasteiger partial charge in [-0.15, -0.1) is 0 Å². The van der Waals surface area contributed by atoms with Crippen LogP contribution in [-0.4, -0.2) is 14.9 Å². The zero-order valence-corrected chi connectivity index (χ0v) is 15.9. The molecule has 0 spiro atoms. The first kappa shape index (κ1) is 20.6. The van der Waals surface area contributed by atoms with E-state index < -0.39 is 4.92 Å². The van der Waals surface area contributed by atoms with Crippen molar-refractivity contribution in [1.29, 1.82) is 0 Å². The number of hydrazine groups is 1. The Hall–Kier alpha value is -3.66. The molecule has 2 aromatic heterocycles. The molecule has 0 aliphatic carbocycles. The first-order valence-corrected chi connectivity index (χ1v) is 8.60. The highest BCUT2D eigenvalue weighted by molar-refractivity contribution is 5.79. The van der Waals surface area contributed by atoms with Crippen LogP contribution in [0.5, 0.6) is 0 Å². The minimum atomic E-state index is -0.432. The highest BCUT2D eigenvalue weighted by Gasteiger charge is 2.19. The molecular formula is C18H23N7O3. The lowest BCUT2D eigenvalue weighted by molar-refractivity contribution is -0.385. The number of nitro benzene ring substituents is 1. The number of nitro groups is 1. The zero-order chi connectivity index (χ0) is 20.8. The molecule has 0 amide bonds. The van der Waals surface area contributed by atoms with E-state index in [9.17, 15) is 10.1 Å². The van der Waals surface area contributed by atoms with E-state index in [4.69, 9.17) is 21.7 Å². The zero-order valence-electron chi connectivity index (χ0n) is 15.9. The predicted octanol–water partition coefficient (Wildman–Crippen LogP) is 3.02. The number of nitrogen functional groups attached to an aromatic ring is 2. The summed E-state index contributed by atoms with van der Waals surface area (Å²) in [6.07, 6.45) is 1.49. The molecule has 0 saturated heterocycles. The van der Waals surface area contributed by atoms with Crippen LogP contribution in [0.15, 0.2) is 41.0 Å². The number of nitrogens with zero attached hydrogens (tertiary/aromatic N) is 4. The average molecular weight is 385 g/mol. The summed E-state index contributed by atoms with van der Waals surface area (Å²) in [6, 6.07) is 8.14. The van der Waals surface area contributed by atoms with Gasteiger partial charge in [0.25, 0.3) is 5.69 Å². The molecule has 0 aliphatic rings. The Morgan fingerprint density at radius 3 is 2.50 bits per heavy atom. The van der Waals surface area contributed by atoms with E-state index in [1.54, 1.807) is 31.2 Å². The van der Waals surface area contributed by atoms with Crippen molar-refractivity contribution in [2.75, 3.05) is 16.5 Å². The van der Waals surface area contributed by atoms with Crippen molar-refractivity contribution in [2.45, 2.75) is 27.3 Å². The highest BCUT2D eigenvalue weighted by atomic mass is 16.6. The summed E-state index contributed by atoms with van der Waals surface area (Å²) in [5, 5.41) is 12.2. The Balaban J connectivity index is 0.00000136. The second kappa shape index (κ2) is 8.82. The molecule has 1 aromatic carbocycles. The first-order valence-electron chi connectivity index (χ1n) is 8.60. The lowest BCUT2D eigenvalue weighted by Crippen LogP contribution is -2.32. The lowest BCUT2D eigenvalue weighted by Gasteiger charge is -2.20. The van der Waals surface area contributed by atoms with Crippen LogP contribution in [-0.2, 0) is 6.54 Å². The monoisotopic (exact) mass is 385 g/mol. The Morgan fingerprint density at radius 2 is 1.93 bits per heavy atom. The predicted molar refractivity (Wildman–Crippen MR) is 108 cm³/mol. The van der Waals surface area contributed by atoms with Crippen LogP contribution < -0.4 is 22.3 Å². The SMILES string of the molecule is CC.Cc1cc(CN(N)c2nc(N)nc(-c3ccco3)c2N)ccc1[N+](=O)[O-]. The van der Waals surface area contributed by atoms with Gasteiger partial charge in [-0.2, -0.15) is 4.98 Å². The summed E-state index contributed by atoms with van der Waals surface area (Å²) >= 11 is 0. The van der Waals surface area contributed by atoms with Gasteiger partial charge in [0.15, 0.2) is 11.6 Å². The maximum atomic E-state index is 10.9. The van der Waals surface area contributed by atoms with Crippen LogP contribution in [0.25, 0.3) is 11.5 Å². The normalized spacial score (nSPS) is 10.1. The van der Waals surface area contributed by atoms with Crippen molar-refractivity contribution in [3.63, 3.8) is 0 Å². The molecule has 10 heteroatoms. The number of aromatic nitrogens is 2. The van der Waals surface area contributed by atoms with Gasteiger partial charge < -0.3 is 15.9 Å². The van der Waals surface area contributed by atoms with E-state index in [1.807, 2.05) is 13.8 Å². The van der Waals surface area contributed by atoms with Gasteiger partial charge in [0.05, 0.1) is 17.7 Å². The molecule has 0 radical (unpaired) electrons. The summed E-state index contributed by atoms with van der Waals surface area (Å²) in [6.45, 7) is 5.88. The van der Waals surface area contributed by atoms with Gasteiger partial charge in [0.2, 0.25) is 5.95 Å². The Kier molecular flexibility index (Phi) is 6.51. The fraction of sp³-hybridized carbons (Fsp3) is 0.222. The second-order valence-corrected chi connectivity index (χ2v) is 5.65. The molecule has 0 aliphatic heterocycles. The fourth-order valence-electron chi connectivity index (χ4n) is 2.59. The molecule has 0 fully saturated rings. The van der Waals surface area contributed by atoms with Gasteiger partial charge in [-0.1, -0.05) is 19.9 Å². The lowest BCUT2D eigenvalue weighted by atomic mass is 10.1. The maximum absolute atomic E-state index is 10.9. The van der Waals surface area contributed by atoms with Crippen LogP contribution >= 0.6 is 0 Å². The Bertz CT molecular complexity index is 958. The average Bonchev–Trinajstić information content (AvgIpc) is 3.19. The van der Waals surface area contributed by atoms with E-state index >= 15 is 0 Å². The molecule has 10 nitrogen and oxygen atoms in total. The molecule has 0 unspecified atom stereocenters. The second-order valence-electron chi connectivity index (χ2n) is 5.65. The van der Waals surface area contributed by atoms with Crippen molar-refractivity contribution in [1.82, 2.24) is 9.97 Å². The van der Waals surface area contributed by atoms with Gasteiger partial charge in [-0.3, -0.25) is 15.1 Å². The fourth-order valence-corrected chi connectivity index (χ4v) is 2.59. The van der Waals surface area contributed by atoms with Crippen LogP contribution in [0, 0.1) is 17.0 Å². The quantitative estimate of drug-likeness (QED) is 0.340. The maximum Gasteiger partial charge on any atom is 0.272 e. The molecule has 0 saturated carbocycles. The third-order valence-corrected chi connectivity index (χ3v) is 3.78. The molecule has 0 bridgehead atoms. The van der Waals surface area contributed by atoms with Crippen molar-refractivity contribution >= 4 is 23.1 Å².